The number of para-hydroxylation sites is 2. The number of carbonyl (C=O) groups is 2. The average molecular weight is 701 g/mol. The Morgan fingerprint density at radius 1 is 1.10 bits per heavy atom. The van der Waals surface area contributed by atoms with E-state index in [1.165, 1.54) is 36.9 Å². The van der Waals surface area contributed by atoms with E-state index < -0.39 is 62.7 Å². The van der Waals surface area contributed by atoms with Crippen molar-refractivity contribution >= 4 is 48.4 Å². The third-order valence-electron chi connectivity index (χ3n) is 7.30. The molecule has 2 aromatic heterocycles. The van der Waals surface area contributed by atoms with Gasteiger partial charge in [-0.1, -0.05) is 36.4 Å². The van der Waals surface area contributed by atoms with Crippen LogP contribution < -0.4 is 26.0 Å². The van der Waals surface area contributed by atoms with E-state index in [-0.39, 0.29) is 22.9 Å². The Hall–Kier alpha value is -4.83. The molecule has 262 valence electrons. The highest BCUT2D eigenvalue weighted by Crippen LogP contribution is 2.49. The van der Waals surface area contributed by atoms with Gasteiger partial charge < -0.3 is 29.8 Å². The van der Waals surface area contributed by atoms with Crippen molar-refractivity contribution in [2.45, 2.75) is 63.9 Å². The van der Waals surface area contributed by atoms with Crippen LogP contribution in [0.3, 0.4) is 0 Å². The fourth-order valence-electron chi connectivity index (χ4n) is 5.10. The lowest BCUT2D eigenvalue weighted by molar-refractivity contribution is -0.149. The number of rotatable bonds is 13. The lowest BCUT2D eigenvalue weighted by atomic mass is 9.98. The molecule has 2 aromatic carbocycles. The minimum absolute atomic E-state index is 0.109. The van der Waals surface area contributed by atoms with Crippen molar-refractivity contribution in [3.8, 4) is 5.75 Å². The number of aromatic nitrogens is 4. The van der Waals surface area contributed by atoms with Gasteiger partial charge in [0.05, 0.1) is 19.0 Å². The zero-order chi connectivity index (χ0) is 35.3. The zero-order valence-corrected chi connectivity index (χ0v) is 28.3. The van der Waals surface area contributed by atoms with Gasteiger partial charge in [-0.25, -0.2) is 18.7 Å². The van der Waals surface area contributed by atoms with E-state index in [0.29, 0.717) is 11.5 Å². The molecule has 0 aliphatic carbocycles. The topological polar surface area (TPSA) is 203 Å². The number of halogens is 1. The summed E-state index contributed by atoms with van der Waals surface area (Å²) in [7, 11) is -2.80. The first kappa shape index (κ1) is 35.5. The molecule has 0 radical (unpaired) electrons. The number of fused-ring (bicyclic) bond motifs is 1. The summed E-state index contributed by atoms with van der Waals surface area (Å²) in [6, 6.07) is 15.4. The molecular weight excluding hydrogens is 662 g/mol. The number of anilines is 3. The predicted octanol–water partition coefficient (Wildman–Crippen LogP) is 4.83. The van der Waals surface area contributed by atoms with Crippen molar-refractivity contribution in [1.82, 2.24) is 24.6 Å². The minimum atomic E-state index is -4.41. The highest BCUT2D eigenvalue weighted by molar-refractivity contribution is 7.52. The van der Waals surface area contributed by atoms with E-state index in [9.17, 15) is 14.2 Å². The monoisotopic (exact) mass is 700 g/mol. The van der Waals surface area contributed by atoms with Gasteiger partial charge in [0.2, 0.25) is 5.95 Å². The van der Waals surface area contributed by atoms with E-state index in [2.05, 4.69) is 30.7 Å². The van der Waals surface area contributed by atoms with Crippen LogP contribution in [0.25, 0.3) is 11.2 Å². The molecule has 0 saturated carbocycles. The molecule has 0 spiro atoms. The molecule has 0 bridgehead atoms. The lowest BCUT2D eigenvalue weighted by Crippen LogP contribution is -2.45. The van der Waals surface area contributed by atoms with Crippen LogP contribution in [0.5, 0.6) is 5.75 Å². The normalized spacial score (nSPS) is 22.3. The van der Waals surface area contributed by atoms with Crippen LogP contribution >= 0.6 is 7.75 Å². The number of nitrogen functional groups attached to an aromatic ring is 1. The molecule has 0 unspecified atom stereocenters. The molecule has 1 aliphatic rings. The average Bonchev–Trinajstić information content (AvgIpc) is 3.57. The second-order valence-corrected chi connectivity index (χ2v) is 13.2. The predicted molar refractivity (Wildman–Crippen MR) is 177 cm³/mol. The van der Waals surface area contributed by atoms with Gasteiger partial charge in [-0.05, 0) is 52.0 Å². The summed E-state index contributed by atoms with van der Waals surface area (Å²) in [5.41, 5.74) is 4.27. The number of nitrogens with zero attached hydrogens (tertiary/aromatic N) is 4. The number of carbonyl (C=O) groups excluding carboxylic acids is 2. The molecule has 5 rings (SSSR count). The lowest BCUT2D eigenvalue weighted by Gasteiger charge is -2.28. The van der Waals surface area contributed by atoms with Gasteiger partial charge in [0.15, 0.2) is 35.0 Å². The number of esters is 1. The number of imidazole rings is 1. The maximum Gasteiger partial charge on any atom is 0.459 e. The van der Waals surface area contributed by atoms with Gasteiger partial charge >= 0.3 is 19.8 Å². The van der Waals surface area contributed by atoms with Crippen LogP contribution in [-0.4, -0.2) is 75.3 Å². The summed E-state index contributed by atoms with van der Waals surface area (Å²) in [5, 5.41) is 8.00. The third kappa shape index (κ3) is 8.25. The maximum absolute atomic E-state index is 17.1. The number of amides is 1. The Labute approximate surface area is 281 Å². The van der Waals surface area contributed by atoms with Crippen LogP contribution in [0, 0.1) is 0 Å². The standard InChI is InChI=1S/C31H38FN8O8P/c1-18(2)45-27(41)19(3)39-49(43,48-21-14-10-7-11-15-21)44-16-22-24(47-30(42)36-20-12-8-6-9-13-20)31(4,32)28(46-22)40-17-35-23-25(34-5)37-29(33)38-26(23)40/h6-15,17-19,22,24,28H,16H2,1-5H3,(H,36,42)(H,39,43)(H3,33,34,37,38)/t19-,22+,24+,28+,31+,49-/m0/s1. The van der Waals surface area contributed by atoms with Crippen LogP contribution in [-0.2, 0) is 28.1 Å². The summed E-state index contributed by atoms with van der Waals surface area (Å²) in [6.45, 7) is 5.30. The van der Waals surface area contributed by atoms with Gasteiger partial charge in [0.1, 0.15) is 17.9 Å². The molecule has 18 heteroatoms. The molecule has 3 heterocycles. The molecule has 1 amide bonds. The van der Waals surface area contributed by atoms with Crippen LogP contribution in [0.15, 0.2) is 67.0 Å². The second-order valence-electron chi connectivity index (χ2n) is 11.5. The first-order chi connectivity index (χ1) is 23.3. The number of benzene rings is 2. The Balaban J connectivity index is 1.46. The van der Waals surface area contributed by atoms with Crippen molar-refractivity contribution in [3.63, 3.8) is 0 Å². The Morgan fingerprint density at radius 2 is 1.78 bits per heavy atom. The number of nitrogens with one attached hydrogen (secondary N) is 3. The Kier molecular flexibility index (Phi) is 10.7. The molecule has 16 nitrogen and oxygen atoms in total. The van der Waals surface area contributed by atoms with Crippen molar-refractivity contribution in [2.75, 3.05) is 30.0 Å². The summed E-state index contributed by atoms with van der Waals surface area (Å²) in [5.74, 6) is -0.370. The molecular formula is C31H38FN8O8P. The van der Waals surface area contributed by atoms with E-state index in [1.807, 2.05) is 0 Å². The maximum atomic E-state index is 17.1. The van der Waals surface area contributed by atoms with Crippen LogP contribution in [0.2, 0.25) is 0 Å². The van der Waals surface area contributed by atoms with Gasteiger partial charge in [-0.2, -0.15) is 15.1 Å². The van der Waals surface area contributed by atoms with Crippen molar-refractivity contribution in [1.29, 1.82) is 0 Å². The molecule has 6 atom stereocenters. The quantitative estimate of drug-likeness (QED) is 0.109. The summed E-state index contributed by atoms with van der Waals surface area (Å²) in [4.78, 5) is 38.4. The van der Waals surface area contributed by atoms with E-state index >= 15 is 4.39 Å². The Morgan fingerprint density at radius 3 is 2.43 bits per heavy atom. The number of ether oxygens (including phenoxy) is 3. The fourth-order valence-corrected chi connectivity index (χ4v) is 6.60. The van der Waals surface area contributed by atoms with Crippen LogP contribution in [0.1, 0.15) is 33.9 Å². The van der Waals surface area contributed by atoms with Gasteiger partial charge in [-0.15, -0.1) is 0 Å². The highest BCUT2D eigenvalue weighted by atomic mass is 31.2. The van der Waals surface area contributed by atoms with Gasteiger partial charge in [-0.3, -0.25) is 19.2 Å². The fraction of sp³-hybridized carbons (Fsp3) is 0.387. The zero-order valence-electron chi connectivity index (χ0n) is 27.4. The van der Waals surface area contributed by atoms with E-state index in [0.717, 1.165) is 0 Å². The number of nitrogens with two attached hydrogens (primary N) is 1. The smallest absolute Gasteiger partial charge is 0.459 e. The van der Waals surface area contributed by atoms with Crippen molar-refractivity contribution < 1.29 is 41.8 Å². The largest absolute Gasteiger partial charge is 0.462 e. The SMILES string of the molecule is CNc1nc(N)nc2c1ncn2[C@@H]1O[C@H](CO[P@@](=O)(N[C@@H](C)C(=O)OC(C)C)Oc2ccccc2)[C@@H](OC(=O)Nc2ccccc2)[C@@]1(C)F. The first-order valence-electron chi connectivity index (χ1n) is 15.3. The number of hydrogen-bond donors (Lipinski definition) is 4. The van der Waals surface area contributed by atoms with E-state index in [4.69, 9.17) is 29.0 Å². The summed E-state index contributed by atoms with van der Waals surface area (Å²) < 4.78 is 61.1. The summed E-state index contributed by atoms with van der Waals surface area (Å²) in [6.07, 6.45) is -4.66. The molecule has 5 N–H and O–H groups in total. The minimum Gasteiger partial charge on any atom is -0.462 e. The number of alkyl halides is 1. The second kappa shape index (κ2) is 14.7. The van der Waals surface area contributed by atoms with Crippen molar-refractivity contribution in [3.05, 3.63) is 67.0 Å². The first-order valence-corrected chi connectivity index (χ1v) is 16.9. The van der Waals surface area contributed by atoms with Crippen LogP contribution in [0.4, 0.5) is 26.6 Å². The van der Waals surface area contributed by atoms with Gasteiger partial charge in [0, 0.05) is 12.7 Å². The molecule has 4 aromatic rings. The Bertz CT molecular complexity index is 1810. The van der Waals surface area contributed by atoms with Crippen molar-refractivity contribution in [2.24, 2.45) is 0 Å². The van der Waals surface area contributed by atoms with E-state index in [1.54, 1.807) is 69.4 Å². The third-order valence-corrected chi connectivity index (χ3v) is 8.94. The summed E-state index contributed by atoms with van der Waals surface area (Å²) >= 11 is 0. The highest BCUT2D eigenvalue weighted by Gasteiger charge is 2.59. The number of hydrogen-bond acceptors (Lipinski definition) is 13. The molecule has 1 fully saturated rings. The molecule has 1 aliphatic heterocycles. The molecule has 49 heavy (non-hydrogen) atoms. The van der Waals surface area contributed by atoms with Gasteiger partial charge in [0.25, 0.3) is 0 Å². The molecule has 1 saturated heterocycles.